The Bertz CT molecular complexity index is 430. The standard InChI is InChI=1S/C8H5F4NO3/c1-4-5(9)2-3-6(13(14)15)7(4)16-8(10,11)12/h2-3H,1H3. The SMILES string of the molecule is Cc1c(F)ccc([N+](=O)[O-])c1OC(F)(F)F. The number of hydrogen-bond donors (Lipinski definition) is 0. The Balaban J connectivity index is 3.32. The molecule has 1 rings (SSSR count). The minimum atomic E-state index is -5.11. The Labute approximate surface area is 86.6 Å². The Kier molecular flexibility index (Phi) is 3.02. The normalized spacial score (nSPS) is 11.3. The average molecular weight is 239 g/mol. The monoisotopic (exact) mass is 239 g/mol. The van der Waals surface area contributed by atoms with Crippen LogP contribution in [0.4, 0.5) is 23.2 Å². The van der Waals surface area contributed by atoms with Gasteiger partial charge in [-0.3, -0.25) is 10.1 Å². The summed E-state index contributed by atoms with van der Waals surface area (Å²) in [6.45, 7) is 0.962. The summed E-state index contributed by atoms with van der Waals surface area (Å²) in [6.07, 6.45) is -5.11. The van der Waals surface area contributed by atoms with Crippen LogP contribution in [0.1, 0.15) is 5.56 Å². The molecular weight excluding hydrogens is 234 g/mol. The van der Waals surface area contributed by atoms with E-state index in [9.17, 15) is 27.7 Å². The molecule has 0 N–H and O–H groups in total. The second-order valence-corrected chi connectivity index (χ2v) is 2.83. The van der Waals surface area contributed by atoms with Crippen LogP contribution in [0.2, 0.25) is 0 Å². The molecule has 0 saturated carbocycles. The van der Waals surface area contributed by atoms with Crippen LogP contribution in [0.15, 0.2) is 12.1 Å². The van der Waals surface area contributed by atoms with Crippen molar-refractivity contribution < 1.29 is 27.2 Å². The van der Waals surface area contributed by atoms with Crippen LogP contribution < -0.4 is 4.74 Å². The third-order valence-electron chi connectivity index (χ3n) is 1.73. The van der Waals surface area contributed by atoms with E-state index < -0.39 is 34.1 Å². The van der Waals surface area contributed by atoms with Crippen molar-refractivity contribution in [3.05, 3.63) is 33.6 Å². The Morgan fingerprint density at radius 3 is 2.38 bits per heavy atom. The van der Waals surface area contributed by atoms with E-state index in [2.05, 4.69) is 4.74 Å². The molecule has 4 nitrogen and oxygen atoms in total. The first-order valence-corrected chi connectivity index (χ1v) is 3.91. The molecule has 0 aliphatic rings. The van der Waals surface area contributed by atoms with E-state index in [1.54, 1.807) is 0 Å². The van der Waals surface area contributed by atoms with Gasteiger partial charge in [-0.2, -0.15) is 0 Å². The predicted molar refractivity (Wildman–Crippen MR) is 44.5 cm³/mol. The highest BCUT2D eigenvalue weighted by molar-refractivity contribution is 5.51. The lowest BCUT2D eigenvalue weighted by Crippen LogP contribution is -2.19. The quantitative estimate of drug-likeness (QED) is 0.453. The molecule has 8 heteroatoms. The van der Waals surface area contributed by atoms with Crippen molar-refractivity contribution in [1.29, 1.82) is 0 Å². The summed E-state index contributed by atoms with van der Waals surface area (Å²) < 4.78 is 52.1. The predicted octanol–water partition coefficient (Wildman–Crippen LogP) is 2.94. The minimum absolute atomic E-state index is 0.563. The van der Waals surface area contributed by atoms with Crippen molar-refractivity contribution >= 4 is 5.69 Å². The molecule has 0 saturated heterocycles. The molecule has 0 heterocycles. The van der Waals surface area contributed by atoms with Gasteiger partial charge in [-0.1, -0.05) is 0 Å². The molecule has 1 aromatic rings. The fourth-order valence-electron chi connectivity index (χ4n) is 1.04. The van der Waals surface area contributed by atoms with E-state index in [0.717, 1.165) is 6.92 Å². The summed E-state index contributed by atoms with van der Waals surface area (Å²) in [5.74, 6) is -2.14. The molecule has 0 bridgehead atoms. The Hall–Kier alpha value is -1.86. The second-order valence-electron chi connectivity index (χ2n) is 2.83. The van der Waals surface area contributed by atoms with Crippen LogP contribution in [-0.2, 0) is 0 Å². The van der Waals surface area contributed by atoms with Gasteiger partial charge >= 0.3 is 12.0 Å². The topological polar surface area (TPSA) is 52.4 Å². The van der Waals surface area contributed by atoms with Crippen molar-refractivity contribution in [1.82, 2.24) is 0 Å². The maximum absolute atomic E-state index is 12.9. The van der Waals surface area contributed by atoms with Crippen LogP contribution >= 0.6 is 0 Å². The molecule has 0 aromatic heterocycles. The van der Waals surface area contributed by atoms with Gasteiger partial charge < -0.3 is 4.74 Å². The lowest BCUT2D eigenvalue weighted by Gasteiger charge is -2.11. The van der Waals surface area contributed by atoms with Crippen LogP contribution in [0, 0.1) is 22.9 Å². The second kappa shape index (κ2) is 3.95. The molecule has 0 atom stereocenters. The molecule has 0 fully saturated rings. The van der Waals surface area contributed by atoms with Gasteiger partial charge in [0.05, 0.1) is 4.92 Å². The first kappa shape index (κ1) is 12.2. The van der Waals surface area contributed by atoms with Gasteiger partial charge in [-0.15, -0.1) is 13.2 Å². The summed E-state index contributed by atoms with van der Waals surface area (Å²) in [5, 5.41) is 10.4. The number of nitrogens with zero attached hydrogens (tertiary/aromatic N) is 1. The third kappa shape index (κ3) is 2.59. The largest absolute Gasteiger partial charge is 0.573 e. The molecule has 0 radical (unpaired) electrons. The van der Waals surface area contributed by atoms with Gasteiger partial charge in [0.2, 0.25) is 5.75 Å². The van der Waals surface area contributed by atoms with Crippen molar-refractivity contribution in [2.45, 2.75) is 13.3 Å². The third-order valence-corrected chi connectivity index (χ3v) is 1.73. The summed E-state index contributed by atoms with van der Waals surface area (Å²) in [7, 11) is 0. The molecular formula is C8H5F4NO3. The lowest BCUT2D eigenvalue weighted by atomic mass is 10.2. The molecule has 1 aromatic carbocycles. The van der Waals surface area contributed by atoms with Crippen molar-refractivity contribution in [2.75, 3.05) is 0 Å². The Morgan fingerprint density at radius 1 is 1.38 bits per heavy atom. The van der Waals surface area contributed by atoms with Crippen molar-refractivity contribution in [3.63, 3.8) is 0 Å². The first-order chi connectivity index (χ1) is 7.22. The van der Waals surface area contributed by atoms with E-state index in [1.165, 1.54) is 0 Å². The summed E-state index contributed by atoms with van der Waals surface area (Å²) in [5.41, 5.74) is -1.50. The van der Waals surface area contributed by atoms with Gasteiger partial charge in [0, 0.05) is 11.6 Å². The summed E-state index contributed by atoms with van der Waals surface area (Å²) >= 11 is 0. The first-order valence-electron chi connectivity index (χ1n) is 3.91. The van der Waals surface area contributed by atoms with Crippen LogP contribution in [-0.4, -0.2) is 11.3 Å². The zero-order chi connectivity index (χ0) is 12.5. The number of alkyl halides is 3. The van der Waals surface area contributed by atoms with Crippen LogP contribution in [0.5, 0.6) is 5.75 Å². The average Bonchev–Trinajstić information content (AvgIpc) is 2.10. The van der Waals surface area contributed by atoms with E-state index in [0.29, 0.717) is 12.1 Å². The van der Waals surface area contributed by atoms with E-state index in [1.807, 2.05) is 0 Å². The van der Waals surface area contributed by atoms with Crippen molar-refractivity contribution in [2.24, 2.45) is 0 Å². The fourth-order valence-corrected chi connectivity index (χ4v) is 1.04. The van der Waals surface area contributed by atoms with E-state index in [-0.39, 0.29) is 0 Å². The molecule has 0 aliphatic heterocycles. The molecule has 0 unspecified atom stereocenters. The number of hydrogen-bond acceptors (Lipinski definition) is 3. The maximum Gasteiger partial charge on any atom is 0.573 e. The van der Waals surface area contributed by atoms with Crippen molar-refractivity contribution in [3.8, 4) is 5.75 Å². The molecule has 16 heavy (non-hydrogen) atoms. The highest BCUT2D eigenvalue weighted by Crippen LogP contribution is 2.35. The highest BCUT2D eigenvalue weighted by Gasteiger charge is 2.36. The maximum atomic E-state index is 12.9. The molecule has 0 aliphatic carbocycles. The number of rotatable bonds is 2. The van der Waals surface area contributed by atoms with Crippen LogP contribution in [0.3, 0.4) is 0 Å². The van der Waals surface area contributed by atoms with Gasteiger partial charge in [-0.05, 0) is 13.0 Å². The number of ether oxygens (including phenoxy) is 1. The minimum Gasteiger partial charge on any atom is -0.398 e. The molecule has 0 spiro atoms. The highest BCUT2D eigenvalue weighted by atomic mass is 19.4. The number of benzene rings is 1. The fraction of sp³-hybridized carbons (Fsp3) is 0.250. The number of nitro groups is 1. The van der Waals surface area contributed by atoms with Gasteiger partial charge in [-0.25, -0.2) is 4.39 Å². The number of nitro benzene ring substituents is 1. The number of halogens is 4. The summed E-state index contributed by atoms with van der Waals surface area (Å²) in [6, 6.07) is 1.32. The summed E-state index contributed by atoms with van der Waals surface area (Å²) in [4.78, 5) is 9.33. The van der Waals surface area contributed by atoms with Gasteiger partial charge in [0.15, 0.2) is 0 Å². The molecule has 88 valence electrons. The Morgan fingerprint density at radius 2 is 1.94 bits per heavy atom. The zero-order valence-electron chi connectivity index (χ0n) is 7.84. The van der Waals surface area contributed by atoms with Gasteiger partial charge in [0.1, 0.15) is 5.82 Å². The van der Waals surface area contributed by atoms with E-state index in [4.69, 9.17) is 0 Å². The van der Waals surface area contributed by atoms with Gasteiger partial charge in [0.25, 0.3) is 0 Å². The van der Waals surface area contributed by atoms with Crippen LogP contribution in [0.25, 0.3) is 0 Å². The van der Waals surface area contributed by atoms with E-state index >= 15 is 0 Å². The molecule has 0 amide bonds. The lowest BCUT2D eigenvalue weighted by molar-refractivity contribution is -0.388. The zero-order valence-corrected chi connectivity index (χ0v) is 7.84. The smallest absolute Gasteiger partial charge is 0.398 e.